The summed E-state index contributed by atoms with van der Waals surface area (Å²) in [4.78, 5) is 12.9. The smallest absolute Gasteiger partial charge is 0.374 e. The van der Waals surface area contributed by atoms with Crippen LogP contribution in [0.1, 0.15) is 26.9 Å². The summed E-state index contributed by atoms with van der Waals surface area (Å²) in [5.41, 5.74) is -1.38. The van der Waals surface area contributed by atoms with Gasteiger partial charge in [0.15, 0.2) is 0 Å². The largest absolute Gasteiger partial charge is 0.417 e. The van der Waals surface area contributed by atoms with Gasteiger partial charge in [-0.05, 0) is 24.3 Å². The summed E-state index contributed by atoms with van der Waals surface area (Å²) < 4.78 is 44.6. The van der Waals surface area contributed by atoms with Crippen molar-refractivity contribution in [2.45, 2.75) is 12.3 Å². The Morgan fingerprint density at radius 3 is 2.57 bits per heavy atom. The summed E-state index contributed by atoms with van der Waals surface area (Å²) in [6.45, 7) is 0.0400. The van der Waals surface area contributed by atoms with E-state index in [1.807, 2.05) is 0 Å². The van der Waals surface area contributed by atoms with E-state index >= 15 is 0 Å². The fourth-order valence-corrected chi connectivity index (χ4v) is 3.15. The van der Waals surface area contributed by atoms with Crippen LogP contribution in [0.5, 0.6) is 0 Å². The van der Waals surface area contributed by atoms with E-state index in [9.17, 15) is 18.0 Å². The summed E-state index contributed by atoms with van der Waals surface area (Å²) in [7, 11) is 1.45. The third-order valence-corrected chi connectivity index (χ3v) is 4.44. The molecule has 1 N–H and O–H groups in total. The van der Waals surface area contributed by atoms with Crippen LogP contribution in [0, 0.1) is 0 Å². The number of benzene rings is 1. The van der Waals surface area contributed by atoms with E-state index in [2.05, 4.69) is 5.32 Å². The molecular weight excluding hydrogens is 351 g/mol. The highest BCUT2D eigenvalue weighted by Crippen LogP contribution is 2.32. The Morgan fingerprint density at radius 2 is 2.00 bits per heavy atom. The van der Waals surface area contributed by atoms with Crippen molar-refractivity contribution in [1.82, 2.24) is 5.32 Å². The second-order valence-electron chi connectivity index (χ2n) is 4.62. The standard InChI is InChI=1S/C15H13ClF3NO2S/c1-22-11(12-6-7-13(16)23-12)8-20-14(21)9-4-2-3-5-10(9)15(17,18)19/h2-7,11H,8H2,1H3,(H,20,21). The number of rotatable bonds is 5. The molecule has 1 unspecified atom stereocenters. The Bertz CT molecular complexity index is 687. The van der Waals surface area contributed by atoms with E-state index in [0.717, 1.165) is 17.0 Å². The summed E-state index contributed by atoms with van der Waals surface area (Å²) in [6, 6.07) is 8.08. The highest BCUT2D eigenvalue weighted by molar-refractivity contribution is 7.16. The van der Waals surface area contributed by atoms with Crippen LogP contribution in [0.3, 0.4) is 0 Å². The third-order valence-electron chi connectivity index (χ3n) is 3.12. The van der Waals surface area contributed by atoms with Crippen LogP contribution in [0.2, 0.25) is 4.34 Å². The molecule has 0 fully saturated rings. The third kappa shape index (κ3) is 4.46. The fourth-order valence-electron chi connectivity index (χ4n) is 2.01. The van der Waals surface area contributed by atoms with Gasteiger partial charge in [0.1, 0.15) is 6.10 Å². The molecule has 0 bridgehead atoms. The molecule has 0 radical (unpaired) electrons. The Kier molecular flexibility index (Phi) is 5.67. The minimum Gasteiger partial charge on any atom is -0.374 e. The molecule has 2 aromatic rings. The molecule has 0 saturated heterocycles. The molecule has 3 nitrogen and oxygen atoms in total. The van der Waals surface area contributed by atoms with Gasteiger partial charge in [0.05, 0.1) is 15.5 Å². The number of alkyl halides is 3. The molecule has 0 spiro atoms. The topological polar surface area (TPSA) is 38.3 Å². The van der Waals surface area contributed by atoms with Crippen molar-refractivity contribution in [3.63, 3.8) is 0 Å². The van der Waals surface area contributed by atoms with Crippen LogP contribution in [0.4, 0.5) is 13.2 Å². The number of nitrogens with one attached hydrogen (secondary N) is 1. The normalized spacial score (nSPS) is 12.9. The van der Waals surface area contributed by atoms with Gasteiger partial charge in [0, 0.05) is 18.5 Å². The predicted molar refractivity (Wildman–Crippen MR) is 82.9 cm³/mol. The molecule has 1 amide bonds. The second-order valence-corrected chi connectivity index (χ2v) is 6.37. The molecule has 23 heavy (non-hydrogen) atoms. The second kappa shape index (κ2) is 7.33. The SMILES string of the molecule is COC(CNC(=O)c1ccccc1C(F)(F)F)c1ccc(Cl)s1. The molecule has 0 saturated carbocycles. The number of ether oxygens (including phenoxy) is 1. The molecule has 1 aromatic heterocycles. The van der Waals surface area contributed by atoms with Gasteiger partial charge in [-0.25, -0.2) is 0 Å². The van der Waals surface area contributed by atoms with Crippen molar-refractivity contribution in [2.24, 2.45) is 0 Å². The lowest BCUT2D eigenvalue weighted by atomic mass is 10.1. The molecule has 0 aliphatic rings. The van der Waals surface area contributed by atoms with Gasteiger partial charge in [-0.3, -0.25) is 4.79 Å². The number of carbonyl (C=O) groups excluding carboxylic acids is 1. The monoisotopic (exact) mass is 363 g/mol. The van der Waals surface area contributed by atoms with Crippen molar-refractivity contribution in [2.75, 3.05) is 13.7 Å². The maximum atomic E-state index is 12.9. The molecule has 1 aromatic carbocycles. The van der Waals surface area contributed by atoms with Gasteiger partial charge in [0.25, 0.3) is 5.91 Å². The van der Waals surface area contributed by atoms with Crippen molar-refractivity contribution < 1.29 is 22.7 Å². The minimum atomic E-state index is -4.59. The predicted octanol–water partition coefficient (Wildman–Crippen LogP) is 4.54. The maximum Gasteiger partial charge on any atom is 0.417 e. The highest BCUT2D eigenvalue weighted by atomic mass is 35.5. The van der Waals surface area contributed by atoms with Crippen LogP contribution >= 0.6 is 22.9 Å². The van der Waals surface area contributed by atoms with Crippen molar-refractivity contribution in [3.8, 4) is 0 Å². The summed E-state index contributed by atoms with van der Waals surface area (Å²) >= 11 is 7.13. The van der Waals surface area contributed by atoms with E-state index < -0.39 is 29.3 Å². The van der Waals surface area contributed by atoms with Gasteiger partial charge in [0.2, 0.25) is 0 Å². The average Bonchev–Trinajstić information content (AvgIpc) is 2.93. The summed E-state index contributed by atoms with van der Waals surface area (Å²) in [5.74, 6) is -0.803. The summed E-state index contributed by atoms with van der Waals surface area (Å²) in [5, 5.41) is 2.47. The zero-order valence-corrected chi connectivity index (χ0v) is 13.6. The van der Waals surface area contributed by atoms with Crippen molar-refractivity contribution in [1.29, 1.82) is 0 Å². The molecule has 2 rings (SSSR count). The highest BCUT2D eigenvalue weighted by Gasteiger charge is 2.34. The van der Waals surface area contributed by atoms with Crippen molar-refractivity contribution in [3.05, 3.63) is 56.7 Å². The molecule has 8 heteroatoms. The first kappa shape index (κ1) is 17.8. The quantitative estimate of drug-likeness (QED) is 0.847. The Morgan fingerprint density at radius 1 is 1.30 bits per heavy atom. The Hall–Kier alpha value is -1.57. The van der Waals surface area contributed by atoms with E-state index in [-0.39, 0.29) is 6.54 Å². The van der Waals surface area contributed by atoms with Crippen molar-refractivity contribution >= 4 is 28.8 Å². The first-order valence-electron chi connectivity index (χ1n) is 6.55. The number of amides is 1. The van der Waals surface area contributed by atoms with Gasteiger partial charge in [-0.1, -0.05) is 23.7 Å². The zero-order chi connectivity index (χ0) is 17.0. The number of thiophene rings is 1. The number of methoxy groups -OCH3 is 1. The molecule has 1 heterocycles. The number of halogens is 4. The minimum absolute atomic E-state index is 0.0400. The fraction of sp³-hybridized carbons (Fsp3) is 0.267. The molecular formula is C15H13ClF3NO2S. The first-order valence-corrected chi connectivity index (χ1v) is 7.75. The van der Waals surface area contributed by atoms with Crippen LogP contribution in [-0.4, -0.2) is 19.6 Å². The van der Waals surface area contributed by atoms with Gasteiger partial charge in [-0.2, -0.15) is 13.2 Å². The van der Waals surface area contributed by atoms with E-state index in [4.69, 9.17) is 16.3 Å². The van der Waals surface area contributed by atoms with Gasteiger partial charge >= 0.3 is 6.18 Å². The van der Waals surface area contributed by atoms with Crippen LogP contribution in [0.25, 0.3) is 0 Å². The van der Waals surface area contributed by atoms with Crippen LogP contribution in [-0.2, 0) is 10.9 Å². The van der Waals surface area contributed by atoms with Crippen LogP contribution in [0.15, 0.2) is 36.4 Å². The van der Waals surface area contributed by atoms with Gasteiger partial charge in [-0.15, -0.1) is 11.3 Å². The Balaban J connectivity index is 2.11. The first-order chi connectivity index (χ1) is 10.8. The maximum absolute atomic E-state index is 12.9. The number of hydrogen-bond donors (Lipinski definition) is 1. The van der Waals surface area contributed by atoms with E-state index in [0.29, 0.717) is 4.34 Å². The average molecular weight is 364 g/mol. The zero-order valence-electron chi connectivity index (χ0n) is 12.0. The molecule has 0 aliphatic heterocycles. The van der Waals surface area contributed by atoms with Crippen LogP contribution < -0.4 is 5.32 Å². The van der Waals surface area contributed by atoms with Gasteiger partial charge < -0.3 is 10.1 Å². The lowest BCUT2D eigenvalue weighted by Crippen LogP contribution is -2.30. The lowest BCUT2D eigenvalue weighted by molar-refractivity contribution is -0.137. The molecule has 124 valence electrons. The number of carbonyl (C=O) groups is 1. The molecule has 1 atom stereocenters. The molecule has 0 aliphatic carbocycles. The van der Waals surface area contributed by atoms with E-state index in [1.165, 1.54) is 30.6 Å². The van der Waals surface area contributed by atoms with E-state index in [1.54, 1.807) is 12.1 Å². The Labute approximate surface area is 140 Å². The number of hydrogen-bond acceptors (Lipinski definition) is 3. The summed E-state index contributed by atoms with van der Waals surface area (Å²) in [6.07, 6.45) is -5.06. The lowest BCUT2D eigenvalue weighted by Gasteiger charge is -2.16.